The molecule has 3 rings (SSSR count). The second kappa shape index (κ2) is 18.5. The lowest BCUT2D eigenvalue weighted by Crippen LogP contribution is -2.36. The summed E-state index contributed by atoms with van der Waals surface area (Å²) in [5, 5.41) is 2.54. The quantitative estimate of drug-likeness (QED) is 0.103. The Labute approximate surface area is 262 Å². The van der Waals surface area contributed by atoms with Crippen molar-refractivity contribution in [3.8, 4) is 0 Å². The first-order valence-corrected chi connectivity index (χ1v) is 17.4. The molecular weight excluding hydrogens is 625 g/mol. The zero-order chi connectivity index (χ0) is 30.3. The fraction of sp³-hybridized carbons (Fsp3) is 0.500. The second-order valence-corrected chi connectivity index (χ2v) is 14.4. The number of hydrogen-bond donors (Lipinski definition) is 0. The molecule has 5 atom stereocenters. The largest absolute Gasteiger partial charge is 0.458 e. The third-order valence-corrected chi connectivity index (χ3v) is 11.4. The van der Waals surface area contributed by atoms with Crippen LogP contribution in [-0.4, -0.2) is 101 Å². The predicted octanol–water partition coefficient (Wildman–Crippen LogP) is 4.19. The monoisotopic (exact) mass is 658 g/mol. The van der Waals surface area contributed by atoms with E-state index in [9.17, 15) is 19.2 Å². The Morgan fingerprint density at radius 1 is 0.881 bits per heavy atom. The van der Waals surface area contributed by atoms with Crippen LogP contribution in [-0.2, 0) is 38.0 Å². The first-order valence-electron chi connectivity index (χ1n) is 13.0. The van der Waals surface area contributed by atoms with E-state index in [2.05, 4.69) is 13.2 Å². The average molecular weight is 659 g/mol. The Bertz CT molecular complexity index is 1090. The molecule has 0 saturated carbocycles. The van der Waals surface area contributed by atoms with Gasteiger partial charge in [-0.15, -0.1) is 47.0 Å². The van der Waals surface area contributed by atoms with Gasteiger partial charge >= 0.3 is 23.9 Å². The van der Waals surface area contributed by atoms with Crippen molar-refractivity contribution in [1.82, 2.24) is 0 Å². The van der Waals surface area contributed by atoms with E-state index >= 15 is 0 Å². The number of carbonyl (C=O) groups is 4. The van der Waals surface area contributed by atoms with Gasteiger partial charge in [0.15, 0.2) is 12.2 Å². The summed E-state index contributed by atoms with van der Waals surface area (Å²) in [6.45, 7) is 8.92. The SMILES string of the molecule is C=CC(=O)OC(COCC1CSCS1)COC(=O)c1cccc(C(=O)OC(OCC2CSCS2)C(C)OC(=O)C=C)c1. The Kier molecular flexibility index (Phi) is 15.2. The van der Waals surface area contributed by atoms with Gasteiger partial charge < -0.3 is 28.4 Å². The van der Waals surface area contributed by atoms with E-state index < -0.39 is 42.4 Å². The molecule has 230 valence electrons. The fourth-order valence-electron chi connectivity index (χ4n) is 3.55. The van der Waals surface area contributed by atoms with E-state index in [1.54, 1.807) is 42.2 Å². The summed E-state index contributed by atoms with van der Waals surface area (Å²) < 4.78 is 33.0. The molecule has 2 saturated heterocycles. The van der Waals surface area contributed by atoms with E-state index in [0.29, 0.717) is 18.5 Å². The van der Waals surface area contributed by atoms with E-state index in [-0.39, 0.29) is 29.6 Å². The van der Waals surface area contributed by atoms with Crippen molar-refractivity contribution in [2.45, 2.75) is 35.9 Å². The molecule has 0 spiro atoms. The minimum absolute atomic E-state index is 0.0506. The summed E-state index contributed by atoms with van der Waals surface area (Å²) >= 11 is 7.16. The molecule has 1 aromatic carbocycles. The highest BCUT2D eigenvalue weighted by Gasteiger charge is 2.29. The summed E-state index contributed by atoms with van der Waals surface area (Å²) in [4.78, 5) is 49.3. The third-order valence-electron chi connectivity index (χ3n) is 5.69. The Morgan fingerprint density at radius 2 is 1.50 bits per heavy atom. The van der Waals surface area contributed by atoms with Gasteiger partial charge in [0.05, 0.1) is 30.9 Å². The van der Waals surface area contributed by atoms with Crippen LogP contribution in [0.25, 0.3) is 0 Å². The van der Waals surface area contributed by atoms with Crippen molar-refractivity contribution in [3.63, 3.8) is 0 Å². The lowest BCUT2D eigenvalue weighted by atomic mass is 10.1. The maximum Gasteiger partial charge on any atom is 0.340 e. The predicted molar refractivity (Wildman–Crippen MR) is 166 cm³/mol. The molecule has 2 heterocycles. The molecule has 0 N–H and O–H groups in total. The standard InChI is InChI=1S/C28H34O10S4/c1-4-24(29)36-18(3)28(35-13-23-15-40-17-42-23)38-27(32)20-8-6-7-19(9-20)26(31)34-11-21(37-25(30)5-2)10-33-12-22-14-39-16-41-22/h4-9,18,21-23,28H,1-2,10-17H2,3H3. The molecule has 0 aliphatic carbocycles. The number of thioether (sulfide) groups is 4. The topological polar surface area (TPSA) is 124 Å². The molecule has 42 heavy (non-hydrogen) atoms. The van der Waals surface area contributed by atoms with Crippen molar-refractivity contribution < 1.29 is 47.6 Å². The molecule has 2 aliphatic rings. The minimum atomic E-state index is -1.18. The summed E-state index contributed by atoms with van der Waals surface area (Å²) in [6, 6.07) is 5.78. The molecular formula is C28H34O10S4. The normalized spacial score (nSPS) is 20.1. The molecule has 0 radical (unpaired) electrons. The van der Waals surface area contributed by atoms with Crippen molar-refractivity contribution in [2.24, 2.45) is 0 Å². The van der Waals surface area contributed by atoms with Crippen molar-refractivity contribution in [2.75, 3.05) is 48.1 Å². The maximum atomic E-state index is 13.0. The van der Waals surface area contributed by atoms with Gasteiger partial charge in [0, 0.05) is 44.3 Å². The smallest absolute Gasteiger partial charge is 0.340 e. The number of rotatable bonds is 17. The van der Waals surface area contributed by atoms with Crippen molar-refractivity contribution in [1.29, 1.82) is 0 Å². The lowest BCUT2D eigenvalue weighted by Gasteiger charge is -2.25. The van der Waals surface area contributed by atoms with Gasteiger partial charge in [-0.2, -0.15) is 0 Å². The van der Waals surface area contributed by atoms with Crippen LogP contribution in [0.2, 0.25) is 0 Å². The van der Waals surface area contributed by atoms with E-state index in [1.165, 1.54) is 24.3 Å². The third kappa shape index (κ3) is 11.9. The summed E-state index contributed by atoms with van der Waals surface area (Å²) in [7, 11) is 0. The average Bonchev–Trinajstić information content (AvgIpc) is 3.72. The fourth-order valence-corrected chi connectivity index (χ4v) is 9.06. The molecule has 0 aromatic heterocycles. The summed E-state index contributed by atoms with van der Waals surface area (Å²) in [5.41, 5.74) is 0.150. The van der Waals surface area contributed by atoms with Gasteiger partial charge in [-0.3, -0.25) is 0 Å². The molecule has 2 aliphatic heterocycles. The van der Waals surface area contributed by atoms with Gasteiger partial charge in [0.2, 0.25) is 6.29 Å². The zero-order valence-electron chi connectivity index (χ0n) is 23.1. The highest BCUT2D eigenvalue weighted by Crippen LogP contribution is 2.30. The Hall–Kier alpha value is -2.10. The number of benzene rings is 1. The van der Waals surface area contributed by atoms with Crippen LogP contribution in [0.15, 0.2) is 49.6 Å². The van der Waals surface area contributed by atoms with E-state index in [1.807, 2.05) is 11.8 Å². The second-order valence-electron chi connectivity index (χ2n) is 8.99. The Balaban J connectivity index is 1.58. The highest BCUT2D eigenvalue weighted by molar-refractivity contribution is 8.19. The maximum absolute atomic E-state index is 13.0. The lowest BCUT2D eigenvalue weighted by molar-refractivity contribution is -0.183. The van der Waals surface area contributed by atoms with Gasteiger partial charge in [-0.05, 0) is 25.1 Å². The number of carbonyl (C=O) groups excluding carboxylic acids is 4. The van der Waals surface area contributed by atoms with Crippen LogP contribution >= 0.6 is 47.0 Å². The minimum Gasteiger partial charge on any atom is -0.458 e. The first-order chi connectivity index (χ1) is 20.3. The van der Waals surface area contributed by atoms with Crippen LogP contribution in [0.5, 0.6) is 0 Å². The summed E-state index contributed by atoms with van der Waals surface area (Å²) in [6.07, 6.45) is -0.882. The van der Waals surface area contributed by atoms with E-state index in [4.69, 9.17) is 28.4 Å². The van der Waals surface area contributed by atoms with Gasteiger partial charge in [-0.25, -0.2) is 19.2 Å². The number of esters is 4. The van der Waals surface area contributed by atoms with Crippen LogP contribution in [0.1, 0.15) is 27.6 Å². The number of hydrogen-bond acceptors (Lipinski definition) is 14. The van der Waals surface area contributed by atoms with Crippen LogP contribution < -0.4 is 0 Å². The zero-order valence-corrected chi connectivity index (χ0v) is 26.4. The molecule has 5 unspecified atom stereocenters. The van der Waals surface area contributed by atoms with Gasteiger partial charge in [0.25, 0.3) is 0 Å². The summed E-state index contributed by atoms with van der Waals surface area (Å²) in [5.74, 6) is -0.969. The van der Waals surface area contributed by atoms with Gasteiger partial charge in [0.1, 0.15) is 6.61 Å². The van der Waals surface area contributed by atoms with E-state index in [0.717, 1.165) is 33.8 Å². The molecule has 14 heteroatoms. The molecule has 1 aromatic rings. The number of ether oxygens (including phenoxy) is 6. The van der Waals surface area contributed by atoms with Crippen LogP contribution in [0, 0.1) is 0 Å². The van der Waals surface area contributed by atoms with Crippen molar-refractivity contribution >= 4 is 70.9 Å². The molecule has 0 bridgehead atoms. The molecule has 2 fully saturated rings. The van der Waals surface area contributed by atoms with Crippen molar-refractivity contribution in [3.05, 3.63) is 60.7 Å². The first kappa shape index (κ1) is 34.4. The van der Waals surface area contributed by atoms with Gasteiger partial charge in [-0.1, -0.05) is 19.2 Å². The Morgan fingerprint density at radius 3 is 2.12 bits per heavy atom. The van der Waals surface area contributed by atoms with Crippen LogP contribution in [0.4, 0.5) is 0 Å². The molecule has 10 nitrogen and oxygen atoms in total. The molecule has 0 amide bonds. The van der Waals surface area contributed by atoms with Crippen LogP contribution in [0.3, 0.4) is 0 Å². The highest BCUT2D eigenvalue weighted by atomic mass is 32.2.